The van der Waals surface area contributed by atoms with E-state index < -0.39 is 24.4 Å². The van der Waals surface area contributed by atoms with Gasteiger partial charge in [-0.1, -0.05) is 54.3 Å². The van der Waals surface area contributed by atoms with Crippen molar-refractivity contribution >= 4 is 58.1 Å². The lowest BCUT2D eigenvalue weighted by Gasteiger charge is -2.15. The van der Waals surface area contributed by atoms with Crippen LogP contribution in [0.3, 0.4) is 0 Å². The van der Waals surface area contributed by atoms with Gasteiger partial charge in [0.25, 0.3) is 5.91 Å². The zero-order valence-electron chi connectivity index (χ0n) is 15.1. The standard InChI is InChI=1S/C18H19N3O5S2/c1-12(22)20-14(9-13-5-3-2-4-6-13)17(25)26-10-15(23)19-7-8-21-16(24)11-28-18(21)27/h2-6,9H,7-8,10-11H2,1H3,(H,19,23)(H,20,22)/b14-9-. The fraction of sp³-hybridized carbons (Fsp3) is 0.278. The van der Waals surface area contributed by atoms with E-state index in [1.54, 1.807) is 24.3 Å². The molecule has 2 rings (SSSR count). The molecule has 1 aromatic rings. The Morgan fingerprint density at radius 2 is 2.00 bits per heavy atom. The van der Waals surface area contributed by atoms with Crippen molar-refractivity contribution in [2.75, 3.05) is 25.4 Å². The Morgan fingerprint density at radius 3 is 2.61 bits per heavy atom. The van der Waals surface area contributed by atoms with Gasteiger partial charge in [0.05, 0.1) is 5.75 Å². The van der Waals surface area contributed by atoms with Crippen LogP contribution in [0.2, 0.25) is 0 Å². The summed E-state index contributed by atoms with van der Waals surface area (Å²) in [5, 5.41) is 4.95. The molecule has 148 valence electrons. The lowest BCUT2D eigenvalue weighted by atomic mass is 10.2. The van der Waals surface area contributed by atoms with Crippen molar-refractivity contribution < 1.29 is 23.9 Å². The van der Waals surface area contributed by atoms with E-state index in [4.69, 9.17) is 17.0 Å². The third kappa shape index (κ3) is 6.78. The molecule has 28 heavy (non-hydrogen) atoms. The van der Waals surface area contributed by atoms with Gasteiger partial charge in [0.1, 0.15) is 10.0 Å². The molecular formula is C18H19N3O5S2. The largest absolute Gasteiger partial charge is 0.451 e. The van der Waals surface area contributed by atoms with E-state index in [9.17, 15) is 19.2 Å². The molecule has 0 unspecified atom stereocenters. The van der Waals surface area contributed by atoms with Gasteiger partial charge in [-0.15, -0.1) is 0 Å². The number of hydrogen-bond donors (Lipinski definition) is 2. The Kier molecular flexibility index (Phi) is 8.15. The van der Waals surface area contributed by atoms with Crippen LogP contribution in [0.25, 0.3) is 6.08 Å². The number of hydrogen-bond acceptors (Lipinski definition) is 7. The van der Waals surface area contributed by atoms with Crippen LogP contribution in [0.4, 0.5) is 0 Å². The summed E-state index contributed by atoms with van der Waals surface area (Å²) in [6, 6.07) is 8.89. The van der Waals surface area contributed by atoms with Gasteiger partial charge < -0.3 is 15.4 Å². The number of thioether (sulfide) groups is 1. The van der Waals surface area contributed by atoms with Gasteiger partial charge in [-0.3, -0.25) is 19.3 Å². The zero-order valence-corrected chi connectivity index (χ0v) is 16.7. The Morgan fingerprint density at radius 1 is 1.29 bits per heavy atom. The molecule has 0 atom stereocenters. The molecule has 0 radical (unpaired) electrons. The van der Waals surface area contributed by atoms with Gasteiger partial charge in [0.2, 0.25) is 11.8 Å². The van der Waals surface area contributed by atoms with E-state index in [2.05, 4.69) is 10.6 Å². The maximum absolute atomic E-state index is 12.2. The predicted octanol–water partition coefficient (Wildman–Crippen LogP) is 0.683. The summed E-state index contributed by atoms with van der Waals surface area (Å²) in [5.41, 5.74) is 0.619. The third-order valence-electron chi connectivity index (χ3n) is 3.47. The molecular weight excluding hydrogens is 402 g/mol. The highest BCUT2D eigenvalue weighted by Crippen LogP contribution is 2.18. The van der Waals surface area contributed by atoms with E-state index in [0.717, 1.165) is 0 Å². The van der Waals surface area contributed by atoms with Crippen LogP contribution < -0.4 is 10.6 Å². The molecule has 1 heterocycles. The van der Waals surface area contributed by atoms with Crippen LogP contribution in [0.1, 0.15) is 12.5 Å². The van der Waals surface area contributed by atoms with Gasteiger partial charge in [0.15, 0.2) is 6.61 Å². The van der Waals surface area contributed by atoms with Crippen LogP contribution in [0.5, 0.6) is 0 Å². The number of esters is 1. The zero-order chi connectivity index (χ0) is 20.5. The second-order valence-corrected chi connectivity index (χ2v) is 7.29. The van der Waals surface area contributed by atoms with E-state index in [-0.39, 0.29) is 24.7 Å². The minimum atomic E-state index is -0.832. The van der Waals surface area contributed by atoms with Gasteiger partial charge in [0, 0.05) is 20.0 Å². The van der Waals surface area contributed by atoms with E-state index in [1.807, 2.05) is 6.07 Å². The van der Waals surface area contributed by atoms with Gasteiger partial charge in [-0.25, -0.2) is 4.79 Å². The van der Waals surface area contributed by atoms with Crippen molar-refractivity contribution in [3.05, 3.63) is 41.6 Å². The van der Waals surface area contributed by atoms with Crippen LogP contribution in [-0.4, -0.2) is 58.4 Å². The van der Waals surface area contributed by atoms with Crippen molar-refractivity contribution in [3.8, 4) is 0 Å². The lowest BCUT2D eigenvalue weighted by molar-refractivity contribution is -0.145. The first-order chi connectivity index (χ1) is 13.4. The number of carbonyl (C=O) groups is 4. The molecule has 0 bridgehead atoms. The molecule has 0 saturated carbocycles. The number of thiocarbonyl (C=S) groups is 1. The summed E-state index contributed by atoms with van der Waals surface area (Å²) in [6.45, 7) is 1.19. The minimum absolute atomic E-state index is 0.0727. The van der Waals surface area contributed by atoms with E-state index in [1.165, 1.54) is 29.7 Å². The smallest absolute Gasteiger partial charge is 0.355 e. The summed E-state index contributed by atoms with van der Waals surface area (Å²) in [5.74, 6) is -1.58. The Labute approximate surface area is 171 Å². The summed E-state index contributed by atoms with van der Waals surface area (Å²) in [7, 11) is 0. The highest BCUT2D eigenvalue weighted by atomic mass is 32.2. The molecule has 0 aliphatic carbocycles. The first-order valence-electron chi connectivity index (χ1n) is 8.32. The van der Waals surface area contributed by atoms with Gasteiger partial charge in [-0.05, 0) is 11.6 Å². The fourth-order valence-corrected chi connectivity index (χ4v) is 3.34. The predicted molar refractivity (Wildman–Crippen MR) is 109 cm³/mol. The highest BCUT2D eigenvalue weighted by Gasteiger charge is 2.26. The quantitative estimate of drug-likeness (QED) is 0.361. The molecule has 1 fully saturated rings. The van der Waals surface area contributed by atoms with Crippen LogP contribution in [0.15, 0.2) is 36.0 Å². The number of rotatable bonds is 8. The summed E-state index contributed by atoms with van der Waals surface area (Å²) < 4.78 is 5.44. The molecule has 1 saturated heterocycles. The second kappa shape index (κ2) is 10.6. The number of ether oxygens (including phenoxy) is 1. The van der Waals surface area contributed by atoms with Crippen molar-refractivity contribution in [3.63, 3.8) is 0 Å². The lowest BCUT2D eigenvalue weighted by Crippen LogP contribution is -2.39. The number of nitrogens with zero attached hydrogens (tertiary/aromatic N) is 1. The molecule has 0 spiro atoms. The number of benzene rings is 1. The Bertz CT molecular complexity index is 795. The van der Waals surface area contributed by atoms with Crippen LogP contribution >= 0.6 is 24.0 Å². The minimum Gasteiger partial charge on any atom is -0.451 e. The Balaban J connectivity index is 1.83. The van der Waals surface area contributed by atoms with Gasteiger partial charge in [-0.2, -0.15) is 0 Å². The first kappa shape index (κ1) is 21.6. The van der Waals surface area contributed by atoms with Crippen LogP contribution in [-0.2, 0) is 23.9 Å². The average molecular weight is 422 g/mol. The molecule has 1 aromatic carbocycles. The van der Waals surface area contributed by atoms with E-state index in [0.29, 0.717) is 15.6 Å². The molecule has 0 aromatic heterocycles. The average Bonchev–Trinajstić information content (AvgIpc) is 2.98. The normalized spacial score (nSPS) is 14.0. The van der Waals surface area contributed by atoms with Gasteiger partial charge >= 0.3 is 5.97 Å². The SMILES string of the molecule is CC(=O)N/C(=C\c1ccccc1)C(=O)OCC(=O)NCCN1C(=O)CSC1=S. The molecule has 2 N–H and O–H groups in total. The number of nitrogens with one attached hydrogen (secondary N) is 2. The monoisotopic (exact) mass is 421 g/mol. The maximum Gasteiger partial charge on any atom is 0.355 e. The highest BCUT2D eigenvalue weighted by molar-refractivity contribution is 8.23. The summed E-state index contributed by atoms with van der Waals surface area (Å²) >= 11 is 6.32. The summed E-state index contributed by atoms with van der Waals surface area (Å²) in [6.07, 6.45) is 1.46. The van der Waals surface area contributed by atoms with Crippen molar-refractivity contribution in [2.45, 2.75) is 6.92 Å². The third-order valence-corrected chi connectivity index (χ3v) is 4.91. The first-order valence-corrected chi connectivity index (χ1v) is 9.71. The molecule has 8 nitrogen and oxygen atoms in total. The molecule has 1 aliphatic rings. The topological polar surface area (TPSA) is 105 Å². The van der Waals surface area contributed by atoms with Crippen molar-refractivity contribution in [1.29, 1.82) is 0 Å². The number of carbonyl (C=O) groups excluding carboxylic acids is 4. The molecule has 3 amide bonds. The number of amides is 3. The molecule has 1 aliphatic heterocycles. The molecule has 10 heteroatoms. The maximum atomic E-state index is 12.2. The van der Waals surface area contributed by atoms with Crippen molar-refractivity contribution in [2.24, 2.45) is 0 Å². The van der Waals surface area contributed by atoms with Crippen LogP contribution in [0, 0.1) is 0 Å². The second-order valence-electron chi connectivity index (χ2n) is 5.68. The fourth-order valence-electron chi connectivity index (χ4n) is 2.22. The summed E-state index contributed by atoms with van der Waals surface area (Å²) in [4.78, 5) is 48.4. The van der Waals surface area contributed by atoms with Crippen molar-refractivity contribution in [1.82, 2.24) is 15.5 Å². The Hall–Kier alpha value is -2.72. The van der Waals surface area contributed by atoms with E-state index >= 15 is 0 Å².